The first-order valence-electron chi connectivity index (χ1n) is 9.64. The van der Waals surface area contributed by atoms with Crippen LogP contribution in [0.1, 0.15) is 13.3 Å². The SMILES string of the molecule is COc1cc(OC)c(Cl)c(-c2nc(N3CCC(C)(OC)C3)c3cc(N)ncc3n2)c1Cl. The smallest absolute Gasteiger partial charge is 0.165 e. The molecule has 164 valence electrons. The van der Waals surface area contributed by atoms with Gasteiger partial charge in [0.1, 0.15) is 23.1 Å². The summed E-state index contributed by atoms with van der Waals surface area (Å²) in [5, 5.41) is 1.38. The number of aromatic nitrogens is 3. The summed E-state index contributed by atoms with van der Waals surface area (Å²) in [6.45, 7) is 3.51. The predicted octanol–water partition coefficient (Wildman–Crippen LogP) is 4.21. The first kappa shape index (κ1) is 21.7. The molecule has 10 heteroatoms. The molecule has 1 aliphatic heterocycles. The molecule has 3 aromatic rings. The molecule has 1 aromatic carbocycles. The van der Waals surface area contributed by atoms with Gasteiger partial charge in [-0.25, -0.2) is 15.0 Å². The Labute approximate surface area is 190 Å². The second-order valence-electron chi connectivity index (χ2n) is 7.61. The number of benzene rings is 1. The molecule has 0 aliphatic carbocycles. The largest absolute Gasteiger partial charge is 0.495 e. The highest BCUT2D eigenvalue weighted by molar-refractivity contribution is 6.41. The third-order valence-corrected chi connectivity index (χ3v) is 6.36. The highest BCUT2D eigenvalue weighted by Gasteiger charge is 2.35. The zero-order chi connectivity index (χ0) is 22.3. The van der Waals surface area contributed by atoms with Crippen molar-refractivity contribution in [3.63, 3.8) is 0 Å². The molecule has 1 unspecified atom stereocenters. The number of nitrogen functional groups attached to an aromatic ring is 1. The molecule has 0 bridgehead atoms. The van der Waals surface area contributed by atoms with E-state index in [2.05, 4.69) is 21.8 Å². The third kappa shape index (κ3) is 3.79. The maximum Gasteiger partial charge on any atom is 0.165 e. The van der Waals surface area contributed by atoms with Crippen LogP contribution in [0.3, 0.4) is 0 Å². The van der Waals surface area contributed by atoms with Crippen LogP contribution >= 0.6 is 23.2 Å². The van der Waals surface area contributed by atoms with E-state index in [0.29, 0.717) is 56.6 Å². The normalized spacial score (nSPS) is 18.6. The first-order valence-corrected chi connectivity index (χ1v) is 10.4. The standard InChI is InChI=1S/C21H23Cl2N5O3/c1-21(31-4)5-6-28(10-21)20-11-7-15(24)25-9-12(11)26-19(27-20)16-17(22)13(29-2)8-14(30-3)18(16)23/h7-9H,5-6,10H2,1-4H3,(H2,24,25). The predicted molar refractivity (Wildman–Crippen MR) is 123 cm³/mol. The van der Waals surface area contributed by atoms with Crippen molar-refractivity contribution < 1.29 is 14.2 Å². The summed E-state index contributed by atoms with van der Waals surface area (Å²) in [6.07, 6.45) is 2.48. The average molecular weight is 464 g/mol. The number of pyridine rings is 1. The molecule has 1 aliphatic rings. The Hall–Kier alpha value is -2.55. The quantitative estimate of drug-likeness (QED) is 0.600. The van der Waals surface area contributed by atoms with E-state index in [0.717, 1.165) is 18.4 Å². The van der Waals surface area contributed by atoms with E-state index in [4.69, 9.17) is 48.1 Å². The highest BCUT2D eigenvalue weighted by atomic mass is 35.5. The molecule has 2 N–H and O–H groups in total. The van der Waals surface area contributed by atoms with E-state index >= 15 is 0 Å². The number of fused-ring (bicyclic) bond motifs is 1. The van der Waals surface area contributed by atoms with Gasteiger partial charge in [0.05, 0.1) is 47.1 Å². The minimum absolute atomic E-state index is 0.273. The fourth-order valence-electron chi connectivity index (χ4n) is 3.75. The lowest BCUT2D eigenvalue weighted by atomic mass is 10.1. The van der Waals surface area contributed by atoms with Gasteiger partial charge in [0.2, 0.25) is 0 Å². The summed E-state index contributed by atoms with van der Waals surface area (Å²) in [4.78, 5) is 15.9. The van der Waals surface area contributed by atoms with Crippen molar-refractivity contribution in [1.82, 2.24) is 15.0 Å². The molecule has 1 saturated heterocycles. The van der Waals surface area contributed by atoms with E-state index < -0.39 is 0 Å². The fraction of sp³-hybridized carbons (Fsp3) is 0.381. The van der Waals surface area contributed by atoms with E-state index in [9.17, 15) is 0 Å². The molecule has 4 rings (SSSR count). The summed E-state index contributed by atoms with van der Waals surface area (Å²) < 4.78 is 16.5. The maximum atomic E-state index is 6.62. The van der Waals surface area contributed by atoms with Crippen LogP contribution in [-0.4, -0.2) is 55.0 Å². The van der Waals surface area contributed by atoms with Crippen LogP contribution in [-0.2, 0) is 4.74 Å². The Balaban J connectivity index is 1.97. The summed E-state index contributed by atoms with van der Waals surface area (Å²) in [7, 11) is 4.76. The number of nitrogens with two attached hydrogens (primary N) is 1. The third-order valence-electron chi connectivity index (χ3n) is 5.61. The number of nitrogens with zero attached hydrogens (tertiary/aromatic N) is 4. The van der Waals surface area contributed by atoms with Crippen LogP contribution in [0.5, 0.6) is 11.5 Å². The van der Waals surface area contributed by atoms with Crippen LogP contribution < -0.4 is 20.1 Å². The van der Waals surface area contributed by atoms with Gasteiger partial charge in [0.25, 0.3) is 0 Å². The number of ether oxygens (including phenoxy) is 3. The fourth-order valence-corrected chi connectivity index (χ4v) is 4.42. The number of halogens is 2. The van der Waals surface area contributed by atoms with E-state index in [1.165, 1.54) is 14.2 Å². The number of hydrogen-bond acceptors (Lipinski definition) is 8. The number of methoxy groups -OCH3 is 3. The zero-order valence-electron chi connectivity index (χ0n) is 17.7. The minimum Gasteiger partial charge on any atom is -0.495 e. The molecule has 0 spiro atoms. The van der Waals surface area contributed by atoms with Gasteiger partial charge in [-0.2, -0.15) is 0 Å². The van der Waals surface area contributed by atoms with Crippen molar-refractivity contribution >= 4 is 45.7 Å². The molecule has 31 heavy (non-hydrogen) atoms. The number of rotatable bonds is 5. The van der Waals surface area contributed by atoms with Crippen molar-refractivity contribution in [1.29, 1.82) is 0 Å². The lowest BCUT2D eigenvalue weighted by Crippen LogP contribution is -2.32. The Morgan fingerprint density at radius 2 is 1.74 bits per heavy atom. The van der Waals surface area contributed by atoms with Crippen molar-refractivity contribution in [2.24, 2.45) is 0 Å². The molecule has 8 nitrogen and oxygen atoms in total. The van der Waals surface area contributed by atoms with Crippen molar-refractivity contribution in [3.8, 4) is 22.9 Å². The van der Waals surface area contributed by atoms with Gasteiger partial charge in [-0.1, -0.05) is 23.2 Å². The van der Waals surface area contributed by atoms with Crippen LogP contribution in [0, 0.1) is 0 Å². The number of hydrogen-bond donors (Lipinski definition) is 1. The van der Waals surface area contributed by atoms with E-state index in [1.54, 1.807) is 25.4 Å². The minimum atomic E-state index is -0.273. The zero-order valence-corrected chi connectivity index (χ0v) is 19.2. The Morgan fingerprint density at radius 1 is 1.06 bits per heavy atom. The highest BCUT2D eigenvalue weighted by Crippen LogP contribution is 2.46. The topological polar surface area (TPSA) is 95.6 Å². The molecule has 1 atom stereocenters. The van der Waals surface area contributed by atoms with E-state index in [1.807, 2.05) is 0 Å². The van der Waals surface area contributed by atoms with Crippen LogP contribution in [0.2, 0.25) is 10.0 Å². The lowest BCUT2D eigenvalue weighted by molar-refractivity contribution is 0.0257. The monoisotopic (exact) mass is 463 g/mol. The molecule has 0 saturated carbocycles. The maximum absolute atomic E-state index is 6.62. The summed E-state index contributed by atoms with van der Waals surface area (Å²) in [5.74, 6) is 2.26. The summed E-state index contributed by atoms with van der Waals surface area (Å²) >= 11 is 13.2. The second-order valence-corrected chi connectivity index (χ2v) is 8.36. The van der Waals surface area contributed by atoms with Crippen molar-refractivity contribution in [2.45, 2.75) is 18.9 Å². The lowest BCUT2D eigenvalue weighted by Gasteiger charge is -2.24. The molecule has 2 aromatic heterocycles. The second kappa shape index (κ2) is 8.18. The van der Waals surface area contributed by atoms with Crippen molar-refractivity contribution in [3.05, 3.63) is 28.4 Å². The summed E-state index contributed by atoms with van der Waals surface area (Å²) in [5.41, 5.74) is 6.73. The molecule has 0 radical (unpaired) electrons. The molecule has 1 fully saturated rings. The average Bonchev–Trinajstić information content (AvgIpc) is 3.16. The molecule has 3 heterocycles. The van der Waals surface area contributed by atoms with Crippen molar-refractivity contribution in [2.75, 3.05) is 45.1 Å². The Bertz CT molecular complexity index is 1130. The van der Waals surface area contributed by atoms with Crippen LogP contribution in [0.25, 0.3) is 22.3 Å². The van der Waals surface area contributed by atoms with Gasteiger partial charge >= 0.3 is 0 Å². The number of anilines is 2. The van der Waals surface area contributed by atoms with Gasteiger partial charge < -0.3 is 24.8 Å². The van der Waals surface area contributed by atoms with Gasteiger partial charge in [0.15, 0.2) is 5.82 Å². The van der Waals surface area contributed by atoms with Gasteiger partial charge in [0, 0.05) is 31.7 Å². The Kier molecular flexibility index (Phi) is 5.72. The van der Waals surface area contributed by atoms with Gasteiger partial charge in [-0.3, -0.25) is 0 Å². The molecular formula is C21H23Cl2N5O3. The van der Waals surface area contributed by atoms with Gasteiger partial charge in [-0.15, -0.1) is 0 Å². The van der Waals surface area contributed by atoms with Crippen LogP contribution in [0.4, 0.5) is 11.6 Å². The summed E-state index contributed by atoms with van der Waals surface area (Å²) in [6, 6.07) is 3.40. The molecular weight excluding hydrogens is 441 g/mol. The molecule has 0 amide bonds. The van der Waals surface area contributed by atoms with E-state index in [-0.39, 0.29) is 5.60 Å². The van der Waals surface area contributed by atoms with Gasteiger partial charge in [-0.05, 0) is 19.4 Å². The Morgan fingerprint density at radius 3 is 2.32 bits per heavy atom. The van der Waals surface area contributed by atoms with Crippen LogP contribution in [0.15, 0.2) is 18.3 Å². The first-order chi connectivity index (χ1) is 14.8.